The van der Waals surface area contributed by atoms with Gasteiger partial charge in [-0.1, -0.05) is 0 Å². The van der Waals surface area contributed by atoms with E-state index in [0.29, 0.717) is 6.54 Å². The Bertz CT molecular complexity index is 440. The lowest BCUT2D eigenvalue weighted by Crippen LogP contribution is -2.45. The first-order valence-electron chi connectivity index (χ1n) is 6.30. The van der Waals surface area contributed by atoms with Crippen LogP contribution < -0.4 is 10.6 Å². The minimum absolute atomic E-state index is 0.214. The van der Waals surface area contributed by atoms with Gasteiger partial charge in [0, 0.05) is 25.6 Å². The summed E-state index contributed by atoms with van der Waals surface area (Å²) in [6.45, 7) is 9.56. The van der Waals surface area contributed by atoms with Crippen molar-refractivity contribution in [2.24, 2.45) is 4.99 Å². The summed E-state index contributed by atoms with van der Waals surface area (Å²) in [5.41, 5.74) is 0.872. The zero-order valence-electron chi connectivity index (χ0n) is 12.6. The van der Waals surface area contributed by atoms with Crippen LogP contribution in [-0.4, -0.2) is 37.2 Å². The van der Waals surface area contributed by atoms with Crippen LogP contribution >= 0.6 is 11.3 Å². The van der Waals surface area contributed by atoms with Gasteiger partial charge in [0.05, 0.1) is 22.8 Å². The number of aryl methyl sites for hydroxylation is 2. The normalized spacial score (nSPS) is 12.6. The molecule has 2 N–H and O–H groups in total. The quantitative estimate of drug-likeness (QED) is 0.640. The summed E-state index contributed by atoms with van der Waals surface area (Å²) >= 11 is 1.71. The van der Waals surface area contributed by atoms with Gasteiger partial charge >= 0.3 is 0 Å². The van der Waals surface area contributed by atoms with Crippen molar-refractivity contribution in [1.29, 1.82) is 0 Å². The van der Waals surface area contributed by atoms with E-state index >= 15 is 0 Å². The van der Waals surface area contributed by atoms with Crippen molar-refractivity contribution in [3.05, 3.63) is 15.6 Å². The van der Waals surface area contributed by atoms with Gasteiger partial charge < -0.3 is 15.4 Å². The van der Waals surface area contributed by atoms with Gasteiger partial charge in [-0.2, -0.15) is 0 Å². The molecule has 0 saturated heterocycles. The van der Waals surface area contributed by atoms with E-state index < -0.39 is 0 Å². The summed E-state index contributed by atoms with van der Waals surface area (Å²) in [6.07, 6.45) is 0. The standard InChI is InChI=1S/C13H24N4OS/c1-9-11(19-10(2)17-9)7-15-12(14-5)16-8-13(3,4)18-6/h7-8H2,1-6H3,(H2,14,15,16). The first-order valence-corrected chi connectivity index (χ1v) is 7.12. The summed E-state index contributed by atoms with van der Waals surface area (Å²) in [5.74, 6) is 0.774. The number of nitrogens with zero attached hydrogens (tertiary/aromatic N) is 2. The average molecular weight is 284 g/mol. The van der Waals surface area contributed by atoms with Crippen LogP contribution in [0.5, 0.6) is 0 Å². The molecule has 19 heavy (non-hydrogen) atoms. The van der Waals surface area contributed by atoms with E-state index in [2.05, 4.69) is 20.6 Å². The zero-order valence-corrected chi connectivity index (χ0v) is 13.4. The first kappa shape index (κ1) is 15.9. The molecule has 0 spiro atoms. The average Bonchev–Trinajstić information content (AvgIpc) is 2.68. The minimum atomic E-state index is -0.214. The minimum Gasteiger partial charge on any atom is -0.377 e. The maximum Gasteiger partial charge on any atom is 0.191 e. The van der Waals surface area contributed by atoms with Crippen molar-refractivity contribution in [2.75, 3.05) is 20.7 Å². The van der Waals surface area contributed by atoms with E-state index in [1.165, 1.54) is 4.88 Å². The SMILES string of the molecule is CN=C(NCc1sc(C)nc1C)NCC(C)(C)OC. The van der Waals surface area contributed by atoms with Gasteiger partial charge in [0.15, 0.2) is 5.96 Å². The van der Waals surface area contributed by atoms with Gasteiger partial charge in [-0.25, -0.2) is 4.98 Å². The molecule has 0 fully saturated rings. The van der Waals surface area contributed by atoms with Crippen LogP contribution in [0.1, 0.15) is 29.4 Å². The molecule has 0 amide bonds. The zero-order chi connectivity index (χ0) is 14.5. The summed E-state index contributed by atoms with van der Waals surface area (Å²) in [7, 11) is 3.47. The fourth-order valence-corrected chi connectivity index (χ4v) is 2.37. The van der Waals surface area contributed by atoms with Gasteiger partial charge in [-0.3, -0.25) is 4.99 Å². The Kier molecular flexibility index (Phi) is 5.75. The number of nitrogens with one attached hydrogen (secondary N) is 2. The van der Waals surface area contributed by atoms with Gasteiger partial charge in [0.25, 0.3) is 0 Å². The molecule has 0 aromatic carbocycles. The number of thiazole rings is 1. The van der Waals surface area contributed by atoms with Crippen LogP contribution in [-0.2, 0) is 11.3 Å². The van der Waals surface area contributed by atoms with Gasteiger partial charge in [0.2, 0.25) is 0 Å². The van der Waals surface area contributed by atoms with Gasteiger partial charge in [-0.15, -0.1) is 11.3 Å². The highest BCUT2D eigenvalue weighted by Crippen LogP contribution is 2.16. The van der Waals surface area contributed by atoms with Crippen molar-refractivity contribution >= 4 is 17.3 Å². The monoisotopic (exact) mass is 284 g/mol. The van der Waals surface area contributed by atoms with E-state index in [1.54, 1.807) is 25.5 Å². The first-order chi connectivity index (χ1) is 8.88. The number of rotatable bonds is 5. The molecule has 1 heterocycles. The molecule has 5 nitrogen and oxygen atoms in total. The second-order valence-electron chi connectivity index (χ2n) is 4.98. The van der Waals surface area contributed by atoms with E-state index in [4.69, 9.17) is 4.74 Å². The molecule has 108 valence electrons. The molecular formula is C13H24N4OS. The van der Waals surface area contributed by atoms with Crippen LogP contribution in [0.25, 0.3) is 0 Å². The van der Waals surface area contributed by atoms with E-state index in [-0.39, 0.29) is 5.60 Å². The van der Waals surface area contributed by atoms with Crippen LogP contribution in [0.2, 0.25) is 0 Å². The summed E-state index contributed by atoms with van der Waals surface area (Å²) in [6, 6.07) is 0. The van der Waals surface area contributed by atoms with Crippen LogP contribution in [0.3, 0.4) is 0 Å². The lowest BCUT2D eigenvalue weighted by Gasteiger charge is -2.24. The molecule has 1 aromatic heterocycles. The number of methoxy groups -OCH3 is 1. The molecule has 0 unspecified atom stereocenters. The number of guanidine groups is 1. The van der Waals surface area contributed by atoms with Crippen LogP contribution in [0, 0.1) is 13.8 Å². The third kappa shape index (κ3) is 5.16. The van der Waals surface area contributed by atoms with Crippen molar-refractivity contribution in [2.45, 2.75) is 39.8 Å². The van der Waals surface area contributed by atoms with Crippen molar-refractivity contribution < 1.29 is 4.74 Å². The van der Waals surface area contributed by atoms with E-state index in [9.17, 15) is 0 Å². The molecule has 0 bridgehead atoms. The Hall–Kier alpha value is -1.14. The van der Waals surface area contributed by atoms with Crippen molar-refractivity contribution in [3.63, 3.8) is 0 Å². The molecule has 0 atom stereocenters. The van der Waals surface area contributed by atoms with Crippen LogP contribution in [0.4, 0.5) is 0 Å². The highest BCUT2D eigenvalue weighted by Gasteiger charge is 2.16. The largest absolute Gasteiger partial charge is 0.377 e. The van der Waals surface area contributed by atoms with Crippen molar-refractivity contribution in [3.8, 4) is 0 Å². The topological polar surface area (TPSA) is 58.5 Å². The molecule has 0 radical (unpaired) electrons. The van der Waals surface area contributed by atoms with E-state index in [0.717, 1.165) is 23.2 Å². The second-order valence-corrected chi connectivity index (χ2v) is 6.27. The smallest absolute Gasteiger partial charge is 0.191 e. The molecule has 0 aliphatic carbocycles. The predicted molar refractivity (Wildman–Crippen MR) is 80.9 cm³/mol. The molecular weight excluding hydrogens is 260 g/mol. The fraction of sp³-hybridized carbons (Fsp3) is 0.692. The third-order valence-electron chi connectivity index (χ3n) is 2.87. The maximum absolute atomic E-state index is 5.36. The molecule has 6 heteroatoms. The Morgan fingerprint density at radius 1 is 1.37 bits per heavy atom. The van der Waals surface area contributed by atoms with E-state index in [1.807, 2.05) is 27.7 Å². The summed E-state index contributed by atoms with van der Waals surface area (Å²) < 4.78 is 5.36. The molecule has 0 aliphatic rings. The third-order valence-corrected chi connectivity index (χ3v) is 3.95. The summed E-state index contributed by atoms with van der Waals surface area (Å²) in [5, 5.41) is 7.64. The Labute approximate surface area is 119 Å². The van der Waals surface area contributed by atoms with Crippen molar-refractivity contribution in [1.82, 2.24) is 15.6 Å². The number of hydrogen-bond acceptors (Lipinski definition) is 4. The Morgan fingerprint density at radius 3 is 2.53 bits per heavy atom. The Balaban J connectivity index is 2.48. The maximum atomic E-state index is 5.36. The fourth-order valence-electron chi connectivity index (χ4n) is 1.49. The lowest BCUT2D eigenvalue weighted by atomic mass is 10.1. The van der Waals surface area contributed by atoms with Gasteiger partial charge in [-0.05, 0) is 27.7 Å². The molecule has 1 rings (SSSR count). The number of aliphatic imine (C=N–C) groups is 1. The summed E-state index contributed by atoms with van der Waals surface area (Å²) in [4.78, 5) is 9.85. The number of ether oxygens (including phenoxy) is 1. The number of aromatic nitrogens is 1. The number of hydrogen-bond donors (Lipinski definition) is 2. The highest BCUT2D eigenvalue weighted by molar-refractivity contribution is 7.11. The molecule has 0 saturated carbocycles. The second kappa shape index (κ2) is 6.86. The molecule has 1 aromatic rings. The molecule has 0 aliphatic heterocycles. The Morgan fingerprint density at radius 2 is 2.05 bits per heavy atom. The lowest BCUT2D eigenvalue weighted by molar-refractivity contribution is 0.0268. The van der Waals surface area contributed by atoms with Gasteiger partial charge in [0.1, 0.15) is 0 Å². The highest BCUT2D eigenvalue weighted by atomic mass is 32.1. The van der Waals surface area contributed by atoms with Crippen LogP contribution in [0.15, 0.2) is 4.99 Å². The predicted octanol–water partition coefficient (Wildman–Crippen LogP) is 1.85.